The molecule has 110 valence electrons. The van der Waals surface area contributed by atoms with E-state index in [1.165, 1.54) is 11.3 Å². The van der Waals surface area contributed by atoms with Gasteiger partial charge >= 0.3 is 0 Å². The van der Waals surface area contributed by atoms with Gasteiger partial charge in [-0.25, -0.2) is 8.78 Å². The van der Waals surface area contributed by atoms with Crippen LogP contribution in [0.25, 0.3) is 0 Å². The molecule has 1 N–H and O–H groups in total. The van der Waals surface area contributed by atoms with E-state index in [4.69, 9.17) is 0 Å². The van der Waals surface area contributed by atoms with Crippen LogP contribution in [0.2, 0.25) is 0 Å². The van der Waals surface area contributed by atoms with E-state index in [0.717, 1.165) is 23.1 Å². The molecule has 0 bridgehead atoms. The minimum Gasteiger partial charge on any atom is -0.324 e. The number of anilines is 1. The second-order valence-corrected chi connectivity index (χ2v) is 5.79. The third-order valence-electron chi connectivity index (χ3n) is 2.80. The summed E-state index contributed by atoms with van der Waals surface area (Å²) in [6.07, 6.45) is -0.0472. The molecule has 0 atom stereocenters. The number of thiophene rings is 1. The van der Waals surface area contributed by atoms with Crippen LogP contribution in [-0.2, 0) is 4.79 Å². The third-order valence-corrected chi connectivity index (χ3v) is 3.84. The van der Waals surface area contributed by atoms with Crippen molar-refractivity contribution in [1.29, 1.82) is 0 Å². The van der Waals surface area contributed by atoms with Crippen LogP contribution in [0, 0.1) is 18.6 Å². The van der Waals surface area contributed by atoms with Gasteiger partial charge in [0.25, 0.3) is 0 Å². The molecule has 21 heavy (non-hydrogen) atoms. The van der Waals surface area contributed by atoms with Crippen molar-refractivity contribution in [2.24, 2.45) is 0 Å². The molecule has 2 rings (SSSR count). The topological polar surface area (TPSA) is 46.2 Å². The molecular weight excluding hydrogens is 296 g/mol. The predicted octanol–water partition coefficient (Wildman–Crippen LogP) is 3.94. The Hall–Kier alpha value is -2.08. The summed E-state index contributed by atoms with van der Waals surface area (Å²) in [7, 11) is 0. The van der Waals surface area contributed by atoms with Crippen molar-refractivity contribution in [1.82, 2.24) is 0 Å². The zero-order valence-corrected chi connectivity index (χ0v) is 12.1. The summed E-state index contributed by atoms with van der Waals surface area (Å²) in [4.78, 5) is 25.1. The van der Waals surface area contributed by atoms with Crippen LogP contribution in [-0.4, -0.2) is 11.7 Å². The second-order valence-electron chi connectivity index (χ2n) is 4.51. The van der Waals surface area contributed by atoms with Crippen LogP contribution in [0.3, 0.4) is 0 Å². The monoisotopic (exact) mass is 309 g/mol. The number of hydrogen-bond donors (Lipinski definition) is 1. The quantitative estimate of drug-likeness (QED) is 0.850. The molecule has 0 aliphatic carbocycles. The van der Waals surface area contributed by atoms with Crippen LogP contribution >= 0.6 is 11.3 Å². The lowest BCUT2D eigenvalue weighted by Crippen LogP contribution is -2.14. The molecule has 6 heteroatoms. The van der Waals surface area contributed by atoms with Gasteiger partial charge in [0.15, 0.2) is 5.78 Å². The van der Waals surface area contributed by atoms with Gasteiger partial charge in [0.2, 0.25) is 5.91 Å². The molecule has 0 saturated carbocycles. The summed E-state index contributed by atoms with van der Waals surface area (Å²) in [6.45, 7) is 1.89. The first-order valence-corrected chi connectivity index (χ1v) is 7.12. The lowest BCUT2D eigenvalue weighted by atomic mass is 10.2. The maximum absolute atomic E-state index is 13.3. The smallest absolute Gasteiger partial charge is 0.224 e. The molecule has 0 saturated heterocycles. The van der Waals surface area contributed by atoms with E-state index in [0.29, 0.717) is 4.88 Å². The Labute approximate surface area is 124 Å². The summed E-state index contributed by atoms with van der Waals surface area (Å²) in [5.41, 5.74) is -0.223. The number of nitrogens with one attached hydrogen (secondary N) is 1. The van der Waals surface area contributed by atoms with Crippen molar-refractivity contribution in [2.45, 2.75) is 19.8 Å². The van der Waals surface area contributed by atoms with Crippen molar-refractivity contribution < 1.29 is 18.4 Å². The highest BCUT2D eigenvalue weighted by molar-refractivity contribution is 7.14. The second kappa shape index (κ2) is 6.58. The molecule has 0 radical (unpaired) electrons. The van der Waals surface area contributed by atoms with Crippen molar-refractivity contribution in [3.05, 3.63) is 51.7 Å². The van der Waals surface area contributed by atoms with E-state index in [1.54, 1.807) is 6.07 Å². The zero-order valence-electron chi connectivity index (χ0n) is 11.3. The number of carbonyl (C=O) groups is 2. The van der Waals surface area contributed by atoms with Gasteiger partial charge in [0.1, 0.15) is 11.6 Å². The molecule has 0 fully saturated rings. The molecule has 1 heterocycles. The summed E-state index contributed by atoms with van der Waals surface area (Å²) in [5.74, 6) is -2.02. The van der Waals surface area contributed by atoms with Gasteiger partial charge in [-0.2, -0.15) is 0 Å². The zero-order chi connectivity index (χ0) is 15.4. The van der Waals surface area contributed by atoms with Crippen LogP contribution in [0.4, 0.5) is 14.5 Å². The highest BCUT2D eigenvalue weighted by atomic mass is 32.1. The highest BCUT2D eigenvalue weighted by Gasteiger charge is 2.13. The minimum absolute atomic E-state index is 0.0305. The first kappa shape index (κ1) is 15.3. The summed E-state index contributed by atoms with van der Waals surface area (Å²) < 4.78 is 26.3. The maximum atomic E-state index is 13.3. The normalized spacial score (nSPS) is 10.4. The Kier molecular flexibility index (Phi) is 4.80. The number of ketones is 1. The fourth-order valence-electron chi connectivity index (χ4n) is 1.74. The molecule has 3 nitrogen and oxygen atoms in total. The largest absolute Gasteiger partial charge is 0.324 e. The van der Waals surface area contributed by atoms with Crippen molar-refractivity contribution in [2.75, 3.05) is 5.32 Å². The first-order chi connectivity index (χ1) is 9.95. The van der Waals surface area contributed by atoms with Gasteiger partial charge in [-0.05, 0) is 31.2 Å². The Bertz CT molecular complexity index is 682. The van der Waals surface area contributed by atoms with Crippen molar-refractivity contribution >= 4 is 28.7 Å². The fraction of sp³-hybridized carbons (Fsp3) is 0.200. The molecule has 0 aliphatic rings. The number of amides is 1. The average Bonchev–Trinajstić information content (AvgIpc) is 2.87. The van der Waals surface area contributed by atoms with Gasteiger partial charge in [-0.1, -0.05) is 0 Å². The van der Waals surface area contributed by atoms with Gasteiger partial charge in [0, 0.05) is 23.8 Å². The van der Waals surface area contributed by atoms with Crippen LogP contribution in [0.5, 0.6) is 0 Å². The van der Waals surface area contributed by atoms with E-state index < -0.39 is 17.5 Å². The van der Waals surface area contributed by atoms with Crippen LogP contribution < -0.4 is 5.32 Å². The van der Waals surface area contributed by atoms with Gasteiger partial charge < -0.3 is 5.32 Å². The average molecular weight is 309 g/mol. The number of benzene rings is 1. The lowest BCUT2D eigenvalue weighted by molar-refractivity contribution is -0.116. The van der Waals surface area contributed by atoms with Crippen LogP contribution in [0.15, 0.2) is 30.3 Å². The SMILES string of the molecule is Cc1ccc(C(=O)CCC(=O)Nc2cc(F)ccc2F)s1. The molecule has 0 spiro atoms. The Balaban J connectivity index is 1.90. The molecule has 1 amide bonds. The third kappa shape index (κ3) is 4.19. The minimum atomic E-state index is -0.718. The molecule has 1 aromatic carbocycles. The number of Topliss-reactive ketones (excluding diaryl/α,β-unsaturated/α-hetero) is 1. The van der Waals surface area contributed by atoms with Crippen molar-refractivity contribution in [3.8, 4) is 0 Å². The Morgan fingerprint density at radius 3 is 2.57 bits per heavy atom. The highest BCUT2D eigenvalue weighted by Crippen LogP contribution is 2.18. The summed E-state index contributed by atoms with van der Waals surface area (Å²) in [5, 5.41) is 2.26. The van der Waals surface area contributed by atoms with Gasteiger partial charge in [-0.15, -0.1) is 11.3 Å². The van der Waals surface area contributed by atoms with E-state index in [9.17, 15) is 18.4 Å². The fourth-order valence-corrected chi connectivity index (χ4v) is 2.58. The van der Waals surface area contributed by atoms with Gasteiger partial charge in [-0.3, -0.25) is 9.59 Å². The van der Waals surface area contributed by atoms with Crippen molar-refractivity contribution in [3.63, 3.8) is 0 Å². The maximum Gasteiger partial charge on any atom is 0.224 e. The summed E-state index contributed by atoms with van der Waals surface area (Å²) >= 11 is 1.37. The number of carbonyl (C=O) groups excluding carboxylic acids is 2. The van der Waals surface area contributed by atoms with E-state index >= 15 is 0 Å². The standard InChI is InChI=1S/C15H13F2NO2S/c1-9-2-6-14(21-9)13(19)5-7-15(20)18-12-8-10(16)3-4-11(12)17/h2-4,6,8H,5,7H2,1H3,(H,18,20). The number of aryl methyl sites for hydroxylation is 1. The Morgan fingerprint density at radius 1 is 1.14 bits per heavy atom. The van der Waals surface area contributed by atoms with E-state index in [1.807, 2.05) is 13.0 Å². The first-order valence-electron chi connectivity index (χ1n) is 6.30. The molecular formula is C15H13F2NO2S. The number of rotatable bonds is 5. The number of halogens is 2. The van der Waals surface area contributed by atoms with Gasteiger partial charge in [0.05, 0.1) is 10.6 Å². The molecule has 0 unspecified atom stereocenters. The molecule has 0 aliphatic heterocycles. The molecule has 1 aromatic heterocycles. The lowest BCUT2D eigenvalue weighted by Gasteiger charge is -2.06. The Morgan fingerprint density at radius 2 is 1.90 bits per heavy atom. The predicted molar refractivity (Wildman–Crippen MR) is 77.6 cm³/mol. The van der Waals surface area contributed by atoms with E-state index in [-0.39, 0.29) is 24.3 Å². The molecule has 2 aromatic rings. The number of hydrogen-bond acceptors (Lipinski definition) is 3. The van der Waals surface area contributed by atoms with Crippen LogP contribution in [0.1, 0.15) is 27.4 Å². The summed E-state index contributed by atoms with van der Waals surface area (Å²) in [6, 6.07) is 6.35. The van der Waals surface area contributed by atoms with E-state index in [2.05, 4.69) is 5.32 Å².